The van der Waals surface area contributed by atoms with Gasteiger partial charge in [-0.05, 0) is 18.2 Å². The Morgan fingerprint density at radius 2 is 1.70 bits per heavy atom. The Balaban J connectivity index is 1.78. The van der Waals surface area contributed by atoms with Gasteiger partial charge in [0.05, 0.1) is 31.7 Å². The number of nitrogens with zero attached hydrogens (tertiary/aromatic N) is 2. The van der Waals surface area contributed by atoms with Gasteiger partial charge in [0.25, 0.3) is 5.56 Å². The monoisotopic (exact) mass is 408 g/mol. The van der Waals surface area contributed by atoms with Crippen molar-refractivity contribution in [1.29, 1.82) is 0 Å². The largest absolute Gasteiger partial charge is 0.496 e. The molecular weight excluding hydrogens is 388 g/mol. The highest BCUT2D eigenvalue weighted by atomic mass is 16.5. The van der Waals surface area contributed by atoms with Gasteiger partial charge in [0, 0.05) is 12.0 Å². The van der Waals surface area contributed by atoms with E-state index in [1.54, 1.807) is 31.4 Å². The van der Waals surface area contributed by atoms with Gasteiger partial charge in [-0.2, -0.15) is 5.10 Å². The van der Waals surface area contributed by atoms with Crippen LogP contribution in [0.5, 0.6) is 17.4 Å². The molecule has 0 saturated carbocycles. The molecule has 2 heterocycles. The fraction of sp³-hybridized carbons (Fsp3) is 0.190. The lowest BCUT2D eigenvalue weighted by Crippen LogP contribution is -2.33. The number of para-hydroxylation sites is 3. The first-order chi connectivity index (χ1) is 14.5. The van der Waals surface area contributed by atoms with Gasteiger partial charge in [0.1, 0.15) is 17.1 Å². The molecule has 0 saturated heterocycles. The Labute approximate surface area is 171 Å². The number of hydrogen-bond donors (Lipinski definition) is 3. The third kappa shape index (κ3) is 3.20. The first-order valence-electron chi connectivity index (χ1n) is 9.22. The van der Waals surface area contributed by atoms with Gasteiger partial charge >= 0.3 is 5.69 Å². The highest BCUT2D eigenvalue weighted by Gasteiger charge is 2.29. The quantitative estimate of drug-likeness (QED) is 0.591. The topological polar surface area (TPSA) is 118 Å². The fourth-order valence-electron chi connectivity index (χ4n) is 3.56. The minimum Gasteiger partial charge on any atom is -0.496 e. The van der Waals surface area contributed by atoms with Crippen molar-refractivity contribution in [2.24, 2.45) is 5.10 Å². The fourth-order valence-corrected chi connectivity index (χ4v) is 3.56. The molecule has 0 aliphatic carbocycles. The van der Waals surface area contributed by atoms with Crippen LogP contribution in [0.25, 0.3) is 5.69 Å². The van der Waals surface area contributed by atoms with Crippen LogP contribution in [0.4, 0.5) is 0 Å². The van der Waals surface area contributed by atoms with E-state index in [1.807, 2.05) is 24.3 Å². The van der Waals surface area contributed by atoms with E-state index < -0.39 is 17.1 Å². The number of rotatable bonds is 5. The molecule has 3 aromatic rings. The molecule has 9 nitrogen and oxygen atoms in total. The Kier molecular flexibility index (Phi) is 5.01. The first kappa shape index (κ1) is 19.3. The molecule has 154 valence electrons. The highest BCUT2D eigenvalue weighted by molar-refractivity contribution is 6.03. The molecule has 0 radical (unpaired) electrons. The molecule has 0 unspecified atom stereocenters. The van der Waals surface area contributed by atoms with E-state index in [2.05, 4.69) is 15.5 Å². The van der Waals surface area contributed by atoms with Crippen molar-refractivity contribution < 1.29 is 14.6 Å². The molecule has 1 aliphatic heterocycles. The van der Waals surface area contributed by atoms with E-state index in [0.29, 0.717) is 29.3 Å². The SMILES string of the molecule is COc1ccccc1[C@H]1CC(c2c(O)n(-c3ccccc3OC)c(=O)[nH]c2=O)=NN1. The Bertz CT molecular complexity index is 1240. The maximum atomic E-state index is 12.6. The van der Waals surface area contributed by atoms with Crippen molar-refractivity contribution in [2.45, 2.75) is 12.5 Å². The predicted octanol–water partition coefficient (Wildman–Crippen LogP) is 1.69. The van der Waals surface area contributed by atoms with Crippen LogP contribution in [0.15, 0.2) is 63.2 Å². The van der Waals surface area contributed by atoms with Crippen LogP contribution in [0.2, 0.25) is 0 Å². The minimum atomic E-state index is -0.779. The van der Waals surface area contributed by atoms with E-state index in [1.165, 1.54) is 7.11 Å². The minimum absolute atomic E-state index is 0.0783. The number of benzene rings is 2. The maximum Gasteiger partial charge on any atom is 0.335 e. The second-order valence-corrected chi connectivity index (χ2v) is 6.65. The zero-order chi connectivity index (χ0) is 21.3. The van der Waals surface area contributed by atoms with E-state index in [4.69, 9.17) is 9.47 Å². The Morgan fingerprint density at radius 3 is 2.43 bits per heavy atom. The molecule has 1 aliphatic rings. The van der Waals surface area contributed by atoms with Crippen molar-refractivity contribution in [1.82, 2.24) is 15.0 Å². The Morgan fingerprint density at radius 1 is 1.03 bits per heavy atom. The van der Waals surface area contributed by atoms with Gasteiger partial charge < -0.3 is 20.0 Å². The molecule has 1 aromatic heterocycles. The van der Waals surface area contributed by atoms with Crippen LogP contribution >= 0.6 is 0 Å². The molecule has 0 bridgehead atoms. The number of aromatic hydroxyl groups is 1. The predicted molar refractivity (Wildman–Crippen MR) is 111 cm³/mol. The summed E-state index contributed by atoms with van der Waals surface area (Å²) in [6.45, 7) is 0. The van der Waals surface area contributed by atoms with E-state index in [-0.39, 0.29) is 11.6 Å². The molecule has 0 spiro atoms. The van der Waals surface area contributed by atoms with Crippen LogP contribution in [0, 0.1) is 0 Å². The van der Waals surface area contributed by atoms with Gasteiger partial charge in [0.15, 0.2) is 0 Å². The van der Waals surface area contributed by atoms with Gasteiger partial charge in [-0.1, -0.05) is 30.3 Å². The average molecular weight is 408 g/mol. The molecule has 0 amide bonds. The molecule has 2 aromatic carbocycles. The van der Waals surface area contributed by atoms with Crippen molar-refractivity contribution in [3.8, 4) is 23.1 Å². The molecule has 3 N–H and O–H groups in total. The van der Waals surface area contributed by atoms with E-state index in [0.717, 1.165) is 10.1 Å². The lowest BCUT2D eigenvalue weighted by molar-refractivity contribution is 0.401. The second kappa shape index (κ2) is 7.78. The maximum absolute atomic E-state index is 12.6. The number of aromatic amines is 1. The molecule has 1 atom stereocenters. The number of hydrazone groups is 1. The molecule has 9 heteroatoms. The van der Waals surface area contributed by atoms with Crippen LogP contribution in [0.1, 0.15) is 23.6 Å². The standard InChI is InChI=1S/C21H20N4O5/c1-29-16-9-5-3-7-12(16)13-11-14(24-23-13)18-19(26)22-21(28)25(20(18)27)15-8-4-6-10-17(15)30-2/h3-10,13,23,27H,11H2,1-2H3,(H,22,26,28)/t13-/m1/s1. The van der Waals surface area contributed by atoms with Crippen molar-refractivity contribution >= 4 is 5.71 Å². The second-order valence-electron chi connectivity index (χ2n) is 6.65. The van der Waals surface area contributed by atoms with Gasteiger partial charge in [0.2, 0.25) is 5.88 Å². The number of ether oxygens (including phenoxy) is 2. The number of aromatic nitrogens is 2. The third-order valence-corrected chi connectivity index (χ3v) is 4.97. The summed E-state index contributed by atoms with van der Waals surface area (Å²) in [5.41, 5.74) is 2.90. The van der Waals surface area contributed by atoms with Crippen LogP contribution in [-0.4, -0.2) is 34.6 Å². The van der Waals surface area contributed by atoms with Crippen LogP contribution in [0.3, 0.4) is 0 Å². The number of nitrogens with one attached hydrogen (secondary N) is 2. The smallest absolute Gasteiger partial charge is 0.335 e. The molecule has 4 rings (SSSR count). The summed E-state index contributed by atoms with van der Waals surface area (Å²) in [6, 6.07) is 13.9. The van der Waals surface area contributed by atoms with Crippen LogP contribution in [-0.2, 0) is 0 Å². The van der Waals surface area contributed by atoms with Crippen molar-refractivity contribution in [2.75, 3.05) is 14.2 Å². The summed E-state index contributed by atoms with van der Waals surface area (Å²) in [7, 11) is 3.03. The summed E-state index contributed by atoms with van der Waals surface area (Å²) < 4.78 is 11.7. The zero-order valence-corrected chi connectivity index (χ0v) is 16.4. The summed E-state index contributed by atoms with van der Waals surface area (Å²) in [6.07, 6.45) is 0.321. The summed E-state index contributed by atoms with van der Waals surface area (Å²) in [5, 5.41) is 15.1. The lowest BCUT2D eigenvalue weighted by atomic mass is 9.99. The average Bonchev–Trinajstić information content (AvgIpc) is 3.23. The third-order valence-electron chi connectivity index (χ3n) is 4.97. The van der Waals surface area contributed by atoms with Crippen molar-refractivity contribution in [3.63, 3.8) is 0 Å². The zero-order valence-electron chi connectivity index (χ0n) is 16.4. The summed E-state index contributed by atoms with van der Waals surface area (Å²) in [5.74, 6) is 0.546. The van der Waals surface area contributed by atoms with Gasteiger partial charge in [-0.3, -0.25) is 9.78 Å². The van der Waals surface area contributed by atoms with Gasteiger partial charge in [-0.15, -0.1) is 0 Å². The van der Waals surface area contributed by atoms with Crippen molar-refractivity contribution in [3.05, 3.63) is 80.5 Å². The normalized spacial score (nSPS) is 15.4. The number of hydrogen-bond acceptors (Lipinski definition) is 7. The lowest BCUT2D eigenvalue weighted by Gasteiger charge is -2.15. The summed E-state index contributed by atoms with van der Waals surface area (Å²) in [4.78, 5) is 27.3. The molecular formula is C21H20N4O5. The van der Waals surface area contributed by atoms with Gasteiger partial charge in [-0.25, -0.2) is 9.36 Å². The first-order valence-corrected chi connectivity index (χ1v) is 9.22. The van der Waals surface area contributed by atoms with Crippen LogP contribution < -0.4 is 26.1 Å². The molecule has 0 fully saturated rings. The Hall–Kier alpha value is -4.01. The van der Waals surface area contributed by atoms with E-state index >= 15 is 0 Å². The molecule has 30 heavy (non-hydrogen) atoms. The summed E-state index contributed by atoms with van der Waals surface area (Å²) >= 11 is 0. The van der Waals surface area contributed by atoms with E-state index in [9.17, 15) is 14.7 Å². The number of methoxy groups -OCH3 is 2. The number of H-pyrrole nitrogens is 1. The highest BCUT2D eigenvalue weighted by Crippen LogP contribution is 2.32.